The van der Waals surface area contributed by atoms with Gasteiger partial charge in [0.15, 0.2) is 0 Å². The smallest absolute Gasteiger partial charge is 0.110 e. The number of hydrogen-bond donors (Lipinski definition) is 0. The topological polar surface area (TPSA) is 16.1 Å². The first-order valence-corrected chi connectivity index (χ1v) is 8.56. The van der Waals surface area contributed by atoms with Crippen molar-refractivity contribution in [2.45, 2.75) is 37.4 Å². The highest BCUT2D eigenvalue weighted by Crippen LogP contribution is 2.30. The molecule has 2 rings (SSSR count). The zero-order chi connectivity index (χ0) is 12.3. The van der Waals surface area contributed by atoms with Gasteiger partial charge in [-0.15, -0.1) is 22.9 Å². The molecule has 2 unspecified atom stereocenters. The molecule has 5 heteroatoms. The van der Waals surface area contributed by atoms with E-state index in [-0.39, 0.29) is 0 Å². The molecule has 2 nitrogen and oxygen atoms in total. The lowest BCUT2D eigenvalue weighted by Crippen LogP contribution is -2.39. The zero-order valence-electron chi connectivity index (χ0n) is 10.4. The van der Waals surface area contributed by atoms with E-state index in [0.29, 0.717) is 11.9 Å². The van der Waals surface area contributed by atoms with Gasteiger partial charge < -0.3 is 0 Å². The van der Waals surface area contributed by atoms with Crippen LogP contribution in [0.3, 0.4) is 0 Å². The molecule has 1 fully saturated rings. The quantitative estimate of drug-likeness (QED) is 0.785. The normalized spacial score (nSPS) is 23.8. The molecule has 96 valence electrons. The number of thiazole rings is 1. The summed E-state index contributed by atoms with van der Waals surface area (Å²) < 4.78 is 0. The minimum absolute atomic E-state index is 0.437. The SMILES string of the molecule is CCC1CN(C(C)c2nc(CCl)cs2)CCS1. The van der Waals surface area contributed by atoms with Crippen LogP contribution in [0, 0.1) is 0 Å². The first-order valence-electron chi connectivity index (χ1n) is 6.10. The first kappa shape index (κ1) is 13.7. The number of halogens is 1. The molecular weight excluding hydrogens is 272 g/mol. The lowest BCUT2D eigenvalue weighted by molar-refractivity contribution is 0.216. The Kier molecular flexibility index (Phi) is 5.15. The summed E-state index contributed by atoms with van der Waals surface area (Å²) in [5, 5.41) is 4.08. The summed E-state index contributed by atoms with van der Waals surface area (Å²) in [4.78, 5) is 7.15. The van der Waals surface area contributed by atoms with Crippen LogP contribution in [0.15, 0.2) is 5.38 Å². The minimum Gasteiger partial charge on any atom is -0.292 e. The molecule has 1 aromatic heterocycles. The lowest BCUT2D eigenvalue weighted by Gasteiger charge is -2.35. The van der Waals surface area contributed by atoms with Crippen molar-refractivity contribution < 1.29 is 0 Å². The molecule has 2 atom stereocenters. The van der Waals surface area contributed by atoms with E-state index in [1.54, 1.807) is 11.3 Å². The highest BCUT2D eigenvalue weighted by molar-refractivity contribution is 8.00. The van der Waals surface area contributed by atoms with Crippen molar-refractivity contribution in [2.75, 3.05) is 18.8 Å². The molecule has 0 bridgehead atoms. The van der Waals surface area contributed by atoms with E-state index in [4.69, 9.17) is 11.6 Å². The summed E-state index contributed by atoms with van der Waals surface area (Å²) in [6.07, 6.45) is 1.26. The number of thioether (sulfide) groups is 1. The second kappa shape index (κ2) is 6.41. The number of rotatable bonds is 4. The Morgan fingerprint density at radius 2 is 2.47 bits per heavy atom. The summed E-state index contributed by atoms with van der Waals surface area (Å²) in [5.41, 5.74) is 1.01. The summed E-state index contributed by atoms with van der Waals surface area (Å²) in [5.74, 6) is 1.77. The Balaban J connectivity index is 2.00. The Morgan fingerprint density at radius 3 is 3.12 bits per heavy atom. The van der Waals surface area contributed by atoms with E-state index >= 15 is 0 Å². The van der Waals surface area contributed by atoms with E-state index in [2.05, 4.69) is 40.9 Å². The monoisotopic (exact) mass is 290 g/mol. The van der Waals surface area contributed by atoms with Crippen LogP contribution in [0.1, 0.15) is 37.0 Å². The molecular formula is C12H19ClN2S2. The molecule has 0 N–H and O–H groups in total. The minimum atomic E-state index is 0.437. The summed E-state index contributed by atoms with van der Waals surface area (Å²) in [6.45, 7) is 6.91. The predicted octanol–water partition coefficient (Wildman–Crippen LogP) is 3.77. The first-order chi connectivity index (χ1) is 8.24. The second-order valence-corrected chi connectivity index (χ2v) is 6.95. The van der Waals surface area contributed by atoms with E-state index in [1.807, 2.05) is 0 Å². The fourth-order valence-electron chi connectivity index (χ4n) is 2.07. The van der Waals surface area contributed by atoms with E-state index in [1.165, 1.54) is 30.3 Å². The van der Waals surface area contributed by atoms with Crippen LogP contribution in [0.2, 0.25) is 0 Å². The van der Waals surface area contributed by atoms with Crippen molar-refractivity contribution in [1.82, 2.24) is 9.88 Å². The van der Waals surface area contributed by atoms with Crippen LogP contribution >= 0.6 is 34.7 Å². The van der Waals surface area contributed by atoms with Crippen LogP contribution in [0.5, 0.6) is 0 Å². The molecule has 1 saturated heterocycles. The van der Waals surface area contributed by atoms with Crippen LogP contribution in [-0.2, 0) is 5.88 Å². The lowest BCUT2D eigenvalue weighted by atomic mass is 10.2. The van der Waals surface area contributed by atoms with E-state index in [0.717, 1.165) is 10.9 Å². The molecule has 0 amide bonds. The Hall–Kier alpha value is 0.230. The second-order valence-electron chi connectivity index (χ2n) is 4.38. The average molecular weight is 291 g/mol. The molecule has 0 aromatic carbocycles. The van der Waals surface area contributed by atoms with Crippen LogP contribution in [0.4, 0.5) is 0 Å². The molecule has 1 aliphatic rings. The highest BCUT2D eigenvalue weighted by atomic mass is 35.5. The summed E-state index contributed by atoms with van der Waals surface area (Å²) >= 11 is 9.65. The molecule has 0 aliphatic carbocycles. The number of nitrogens with zero attached hydrogens (tertiary/aromatic N) is 2. The third-order valence-corrected chi connectivity index (χ3v) is 5.95. The number of hydrogen-bond acceptors (Lipinski definition) is 4. The number of aromatic nitrogens is 1. The molecule has 2 heterocycles. The molecule has 1 aliphatic heterocycles. The summed E-state index contributed by atoms with van der Waals surface area (Å²) in [7, 11) is 0. The van der Waals surface area contributed by atoms with Gasteiger partial charge >= 0.3 is 0 Å². The number of alkyl halides is 1. The van der Waals surface area contributed by atoms with Gasteiger partial charge in [-0.05, 0) is 13.3 Å². The fraction of sp³-hybridized carbons (Fsp3) is 0.750. The van der Waals surface area contributed by atoms with Crippen LogP contribution in [0.25, 0.3) is 0 Å². The zero-order valence-corrected chi connectivity index (χ0v) is 12.7. The Morgan fingerprint density at radius 1 is 1.65 bits per heavy atom. The van der Waals surface area contributed by atoms with Crippen molar-refractivity contribution in [1.29, 1.82) is 0 Å². The van der Waals surface area contributed by atoms with Crippen molar-refractivity contribution in [2.24, 2.45) is 0 Å². The highest BCUT2D eigenvalue weighted by Gasteiger charge is 2.25. The molecule has 1 aromatic rings. The Labute approximate surface area is 117 Å². The molecule has 0 saturated carbocycles. The average Bonchev–Trinajstić information content (AvgIpc) is 2.86. The van der Waals surface area contributed by atoms with Gasteiger partial charge in [0.1, 0.15) is 5.01 Å². The van der Waals surface area contributed by atoms with Gasteiger partial charge in [0.2, 0.25) is 0 Å². The third kappa shape index (κ3) is 3.37. The van der Waals surface area contributed by atoms with E-state index < -0.39 is 0 Å². The summed E-state index contributed by atoms with van der Waals surface area (Å²) in [6, 6.07) is 0.437. The standard InChI is InChI=1S/C12H19ClN2S2/c1-3-11-7-15(4-5-16-11)9(2)12-14-10(6-13)8-17-12/h8-9,11H,3-7H2,1-2H3. The van der Waals surface area contributed by atoms with Crippen LogP contribution in [-0.4, -0.2) is 34.0 Å². The van der Waals surface area contributed by atoms with Gasteiger partial charge in [-0.3, -0.25) is 4.90 Å². The van der Waals surface area contributed by atoms with Crippen LogP contribution < -0.4 is 0 Å². The van der Waals surface area contributed by atoms with Gasteiger partial charge in [0.25, 0.3) is 0 Å². The van der Waals surface area contributed by atoms with Crippen molar-refractivity contribution in [3.63, 3.8) is 0 Å². The van der Waals surface area contributed by atoms with Gasteiger partial charge in [0.05, 0.1) is 17.6 Å². The van der Waals surface area contributed by atoms with Crippen molar-refractivity contribution >= 4 is 34.7 Å². The third-order valence-electron chi connectivity index (χ3n) is 3.24. The maximum Gasteiger partial charge on any atom is 0.110 e. The fourth-order valence-corrected chi connectivity index (χ4v) is 4.42. The molecule has 0 radical (unpaired) electrons. The Bertz CT molecular complexity index is 356. The maximum absolute atomic E-state index is 5.80. The van der Waals surface area contributed by atoms with Crippen molar-refractivity contribution in [3.8, 4) is 0 Å². The molecule has 0 spiro atoms. The van der Waals surface area contributed by atoms with Gasteiger partial charge in [0, 0.05) is 29.5 Å². The van der Waals surface area contributed by atoms with Crippen molar-refractivity contribution in [3.05, 3.63) is 16.1 Å². The van der Waals surface area contributed by atoms with E-state index in [9.17, 15) is 0 Å². The van der Waals surface area contributed by atoms with Gasteiger partial charge in [-0.1, -0.05) is 6.92 Å². The molecule has 17 heavy (non-hydrogen) atoms. The van der Waals surface area contributed by atoms with Gasteiger partial charge in [-0.2, -0.15) is 11.8 Å². The predicted molar refractivity (Wildman–Crippen MR) is 78.2 cm³/mol. The maximum atomic E-state index is 5.80. The van der Waals surface area contributed by atoms with Gasteiger partial charge in [-0.25, -0.2) is 4.98 Å². The largest absolute Gasteiger partial charge is 0.292 e.